The van der Waals surface area contributed by atoms with Gasteiger partial charge in [-0.2, -0.15) is 18.4 Å². The average Bonchev–Trinajstić information content (AvgIpc) is 3.59. The van der Waals surface area contributed by atoms with Crippen LogP contribution >= 0.6 is 11.9 Å². The van der Waals surface area contributed by atoms with Crippen molar-refractivity contribution in [3.8, 4) is 11.8 Å². The smallest absolute Gasteiger partial charge is 0.369 e. The fourth-order valence-electron chi connectivity index (χ4n) is 5.48. The Morgan fingerprint density at radius 3 is 2.76 bits per heavy atom. The number of halogens is 3. The molecule has 3 aromatic carbocycles. The SMILES string of the molecule is C=C(c1cc(CC(F)(F)F)cc(NSc2cc(-n3nnc4ccccc43)ccc2C#N)c1C)N1CCCC1CCC. The van der Waals surface area contributed by atoms with Gasteiger partial charge in [0.05, 0.1) is 23.2 Å². The molecule has 0 spiro atoms. The number of anilines is 1. The average molecular weight is 577 g/mol. The lowest BCUT2D eigenvalue weighted by molar-refractivity contribution is -0.127. The number of nitrogens with one attached hydrogen (secondary N) is 1. The zero-order valence-corrected chi connectivity index (χ0v) is 23.8. The van der Waals surface area contributed by atoms with Crippen LogP contribution in [0.2, 0.25) is 0 Å². The zero-order chi connectivity index (χ0) is 29.1. The van der Waals surface area contributed by atoms with Gasteiger partial charge in [-0.25, -0.2) is 4.68 Å². The van der Waals surface area contributed by atoms with Gasteiger partial charge in [-0.1, -0.05) is 37.3 Å². The molecule has 212 valence electrons. The lowest BCUT2D eigenvalue weighted by Gasteiger charge is -2.30. The summed E-state index contributed by atoms with van der Waals surface area (Å²) in [6, 6.07) is 18.6. The molecule has 1 aliphatic heterocycles. The molecule has 6 nitrogen and oxygen atoms in total. The third kappa shape index (κ3) is 6.20. The maximum Gasteiger partial charge on any atom is 0.393 e. The van der Waals surface area contributed by atoms with E-state index in [0.717, 1.165) is 60.2 Å². The Hall–Kier alpha value is -3.97. The van der Waals surface area contributed by atoms with Crippen LogP contribution in [0.5, 0.6) is 0 Å². The molecule has 0 aliphatic carbocycles. The monoisotopic (exact) mass is 576 g/mol. The van der Waals surface area contributed by atoms with E-state index >= 15 is 0 Å². The van der Waals surface area contributed by atoms with E-state index in [1.165, 1.54) is 11.9 Å². The molecule has 1 fully saturated rings. The van der Waals surface area contributed by atoms with Crippen molar-refractivity contribution >= 4 is 34.4 Å². The summed E-state index contributed by atoms with van der Waals surface area (Å²) < 4.78 is 45.5. The molecule has 1 atom stereocenters. The number of benzene rings is 3. The second-order valence-electron chi connectivity index (χ2n) is 10.3. The third-order valence-electron chi connectivity index (χ3n) is 7.48. The van der Waals surface area contributed by atoms with Gasteiger partial charge in [-0.15, -0.1) is 5.10 Å². The van der Waals surface area contributed by atoms with E-state index in [4.69, 9.17) is 0 Å². The Morgan fingerprint density at radius 1 is 1.20 bits per heavy atom. The second kappa shape index (κ2) is 11.9. The number of hydrogen-bond donors (Lipinski definition) is 1. The van der Waals surface area contributed by atoms with Crippen LogP contribution in [-0.2, 0) is 6.42 Å². The first-order valence-corrected chi connectivity index (χ1v) is 14.4. The molecule has 2 heterocycles. The molecule has 0 bridgehead atoms. The molecule has 0 radical (unpaired) electrons. The van der Waals surface area contributed by atoms with Gasteiger partial charge in [0.25, 0.3) is 0 Å². The highest BCUT2D eigenvalue weighted by molar-refractivity contribution is 8.00. The lowest BCUT2D eigenvalue weighted by Crippen LogP contribution is -2.27. The van der Waals surface area contributed by atoms with E-state index in [0.29, 0.717) is 27.8 Å². The van der Waals surface area contributed by atoms with Gasteiger partial charge in [-0.3, -0.25) is 0 Å². The summed E-state index contributed by atoms with van der Waals surface area (Å²) >= 11 is 1.19. The number of aromatic nitrogens is 3. The van der Waals surface area contributed by atoms with Crippen LogP contribution in [0.3, 0.4) is 0 Å². The second-order valence-corrected chi connectivity index (χ2v) is 11.2. The fourth-order valence-corrected chi connectivity index (χ4v) is 6.32. The van der Waals surface area contributed by atoms with E-state index < -0.39 is 12.6 Å². The van der Waals surface area contributed by atoms with E-state index in [1.54, 1.807) is 28.9 Å². The molecule has 0 saturated carbocycles. The number of hydrogen-bond acceptors (Lipinski definition) is 6. The van der Waals surface area contributed by atoms with Gasteiger partial charge >= 0.3 is 6.18 Å². The summed E-state index contributed by atoms with van der Waals surface area (Å²) in [5.74, 6) is 0. The maximum absolute atomic E-state index is 13.5. The first-order valence-electron chi connectivity index (χ1n) is 13.6. The normalized spacial score (nSPS) is 15.3. The van der Waals surface area contributed by atoms with E-state index in [2.05, 4.69) is 39.5 Å². The van der Waals surface area contributed by atoms with Crippen LogP contribution in [-0.4, -0.2) is 38.7 Å². The number of fused-ring (bicyclic) bond motifs is 1. The highest BCUT2D eigenvalue weighted by atomic mass is 32.2. The van der Waals surface area contributed by atoms with Crippen LogP contribution in [0.15, 0.2) is 66.1 Å². The number of likely N-dealkylation sites (tertiary alicyclic amines) is 1. The Kier molecular flexibility index (Phi) is 8.27. The Balaban J connectivity index is 1.48. The lowest BCUT2D eigenvalue weighted by atomic mass is 9.97. The summed E-state index contributed by atoms with van der Waals surface area (Å²) in [4.78, 5) is 2.87. The molecule has 1 aliphatic rings. The van der Waals surface area contributed by atoms with Crippen LogP contribution in [0, 0.1) is 18.3 Å². The molecule has 1 aromatic heterocycles. The molecular formula is C31H31F3N6S. The maximum atomic E-state index is 13.5. The molecule has 1 unspecified atom stereocenters. The first-order chi connectivity index (χ1) is 19.7. The van der Waals surface area contributed by atoms with Crippen LogP contribution in [0.4, 0.5) is 18.9 Å². The van der Waals surface area contributed by atoms with Gasteiger partial charge in [0.2, 0.25) is 0 Å². The predicted molar refractivity (Wildman–Crippen MR) is 158 cm³/mol. The van der Waals surface area contributed by atoms with Crippen molar-refractivity contribution in [3.05, 3.63) is 83.4 Å². The van der Waals surface area contributed by atoms with Gasteiger partial charge in [0.1, 0.15) is 11.6 Å². The summed E-state index contributed by atoms with van der Waals surface area (Å²) in [5, 5.41) is 18.2. The third-order valence-corrected chi connectivity index (χ3v) is 8.36. The highest BCUT2D eigenvalue weighted by Crippen LogP contribution is 2.37. The van der Waals surface area contributed by atoms with E-state index in [1.807, 2.05) is 37.3 Å². The van der Waals surface area contributed by atoms with Gasteiger partial charge < -0.3 is 9.62 Å². The number of rotatable bonds is 9. The standard InChI is InChI=1S/C31H31F3N6S/c1-4-8-24-9-7-14-39(24)21(3)26-15-22(18-31(32,33)34)16-28(20(26)2)37-41-30-17-25(13-12-23(30)19-35)40-29-11-6-5-10-27(29)36-38-40/h5-6,10-13,15-17,24,37H,3-4,7-9,14,18H2,1-2H3. The molecular weight excluding hydrogens is 545 g/mol. The fraction of sp³-hybridized carbons (Fsp3) is 0.323. The minimum atomic E-state index is -4.35. The molecule has 4 aromatic rings. The molecule has 10 heteroatoms. The Bertz CT molecular complexity index is 1620. The predicted octanol–water partition coefficient (Wildman–Crippen LogP) is 8.06. The van der Waals surface area contributed by atoms with E-state index in [-0.39, 0.29) is 5.56 Å². The number of nitriles is 1. The van der Waals surface area contributed by atoms with Crippen molar-refractivity contribution in [1.29, 1.82) is 5.26 Å². The van der Waals surface area contributed by atoms with Crippen molar-refractivity contribution in [3.63, 3.8) is 0 Å². The van der Waals surface area contributed by atoms with Gasteiger partial charge in [-0.05, 0) is 91.7 Å². The largest absolute Gasteiger partial charge is 0.393 e. The zero-order valence-electron chi connectivity index (χ0n) is 23.0. The first kappa shape index (κ1) is 28.6. The summed E-state index contributed by atoms with van der Waals surface area (Å²) in [7, 11) is 0. The van der Waals surface area contributed by atoms with Crippen LogP contribution in [0.1, 0.15) is 54.9 Å². The van der Waals surface area contributed by atoms with Crippen molar-refractivity contribution in [2.75, 3.05) is 11.3 Å². The van der Waals surface area contributed by atoms with Crippen molar-refractivity contribution < 1.29 is 13.2 Å². The van der Waals surface area contributed by atoms with Crippen LogP contribution in [0.25, 0.3) is 22.4 Å². The molecule has 5 rings (SSSR count). The number of nitrogens with zero attached hydrogens (tertiary/aromatic N) is 5. The van der Waals surface area contributed by atoms with Gasteiger partial charge in [0.15, 0.2) is 0 Å². The number of para-hydroxylation sites is 1. The summed E-state index contributed by atoms with van der Waals surface area (Å²) in [5.41, 5.74) is 5.72. The van der Waals surface area contributed by atoms with E-state index in [9.17, 15) is 18.4 Å². The molecule has 0 amide bonds. The summed E-state index contributed by atoms with van der Waals surface area (Å²) in [6.45, 7) is 9.23. The molecule has 1 saturated heterocycles. The van der Waals surface area contributed by atoms with Gasteiger partial charge in [0, 0.05) is 34.4 Å². The van der Waals surface area contributed by atoms with Crippen molar-refractivity contribution in [2.45, 2.75) is 63.1 Å². The highest BCUT2D eigenvalue weighted by Gasteiger charge is 2.30. The van der Waals surface area contributed by atoms with Crippen molar-refractivity contribution in [2.24, 2.45) is 0 Å². The quantitative estimate of drug-likeness (QED) is 0.203. The minimum absolute atomic E-state index is 0.164. The van der Waals surface area contributed by atoms with Crippen LogP contribution < -0.4 is 4.72 Å². The topological polar surface area (TPSA) is 69.8 Å². The van der Waals surface area contributed by atoms with Crippen molar-refractivity contribution in [1.82, 2.24) is 19.9 Å². The minimum Gasteiger partial charge on any atom is -0.369 e. The molecule has 41 heavy (non-hydrogen) atoms. The Morgan fingerprint density at radius 2 is 2.00 bits per heavy atom. The molecule has 1 N–H and O–H groups in total. The Labute approximate surface area is 242 Å². The number of alkyl halides is 3. The summed E-state index contributed by atoms with van der Waals surface area (Å²) in [6.07, 6.45) is -1.22.